The van der Waals surface area contributed by atoms with Gasteiger partial charge in [0, 0.05) is 5.57 Å². The maximum absolute atomic E-state index is 11.8. The van der Waals surface area contributed by atoms with Crippen molar-refractivity contribution in [2.24, 2.45) is 0 Å². The Hall–Kier alpha value is -1.00. The molecule has 10 heteroatoms. The normalized spacial score (nSPS) is 12.1. The Labute approximate surface area is 92.4 Å². The molecule has 0 heterocycles. The summed E-state index contributed by atoms with van der Waals surface area (Å²) in [6.45, 7) is 4.46. The van der Waals surface area contributed by atoms with Gasteiger partial charge in [-0.15, -0.1) is 4.13 Å². The smallest absolute Gasteiger partial charge is 0.334 e. The lowest BCUT2D eigenvalue weighted by molar-refractivity contribution is -0.136. The van der Waals surface area contributed by atoms with E-state index < -0.39 is 38.0 Å². The Bertz CT molecular complexity index is 479. The topological polar surface area (TPSA) is 107 Å². The van der Waals surface area contributed by atoms with E-state index >= 15 is 0 Å². The lowest BCUT2D eigenvalue weighted by Crippen LogP contribution is -2.34. The molecule has 0 unspecified atom stereocenters. The van der Waals surface area contributed by atoms with Crippen LogP contribution in [0.15, 0.2) is 12.2 Å². The summed E-state index contributed by atoms with van der Waals surface area (Å²) >= 11 is 0. The zero-order valence-electron chi connectivity index (χ0n) is 8.27. The van der Waals surface area contributed by atoms with Crippen molar-refractivity contribution in [3.63, 3.8) is 0 Å². The van der Waals surface area contributed by atoms with Gasteiger partial charge in [0.05, 0.1) is 0 Å². The molecule has 0 aromatic rings. The van der Waals surface area contributed by atoms with Crippen LogP contribution in [0.1, 0.15) is 6.92 Å². The SMILES string of the molecule is C=C(C)C(=O)OCS(=O)(=O)NS(=O)(=O)CF. The van der Waals surface area contributed by atoms with Crippen LogP contribution >= 0.6 is 0 Å². The standard InChI is InChI=1S/C6H10FNO6S2/c1-5(2)6(9)14-4-16(12,13)8-15(10,11)3-7/h8H,1,3-4H2,2H3. The fourth-order valence-corrected chi connectivity index (χ4v) is 2.67. The van der Waals surface area contributed by atoms with Crippen molar-refractivity contribution < 1.29 is 30.8 Å². The van der Waals surface area contributed by atoms with Gasteiger partial charge in [-0.1, -0.05) is 6.58 Å². The highest BCUT2D eigenvalue weighted by atomic mass is 32.3. The van der Waals surface area contributed by atoms with Crippen LogP contribution in [0.2, 0.25) is 0 Å². The molecule has 0 saturated heterocycles. The van der Waals surface area contributed by atoms with Gasteiger partial charge >= 0.3 is 5.97 Å². The molecule has 0 aliphatic carbocycles. The minimum Gasteiger partial charge on any atom is -0.444 e. The zero-order valence-corrected chi connectivity index (χ0v) is 9.90. The zero-order chi connectivity index (χ0) is 13.0. The second-order valence-electron chi connectivity index (χ2n) is 2.75. The van der Waals surface area contributed by atoms with E-state index in [0.717, 1.165) is 4.13 Å². The minimum atomic E-state index is -4.56. The van der Waals surface area contributed by atoms with Crippen LogP contribution in [0.3, 0.4) is 0 Å². The Balaban J connectivity index is 4.51. The number of nitrogens with one attached hydrogen (secondary N) is 1. The number of sulfonamides is 2. The number of rotatable bonds is 6. The maximum atomic E-state index is 11.8. The minimum absolute atomic E-state index is 0.0523. The molecule has 94 valence electrons. The van der Waals surface area contributed by atoms with Gasteiger partial charge in [-0.3, -0.25) is 0 Å². The van der Waals surface area contributed by atoms with Crippen LogP contribution < -0.4 is 4.13 Å². The molecule has 0 aliphatic heterocycles. The highest BCUT2D eigenvalue weighted by molar-refractivity contribution is 8.04. The van der Waals surface area contributed by atoms with E-state index in [1.54, 1.807) is 0 Å². The number of carbonyl (C=O) groups is 1. The number of halogens is 1. The molecule has 1 N–H and O–H groups in total. The third kappa shape index (κ3) is 5.78. The Morgan fingerprint density at radius 1 is 1.31 bits per heavy atom. The molecule has 0 amide bonds. The van der Waals surface area contributed by atoms with Crippen LogP contribution in [0.25, 0.3) is 0 Å². The van der Waals surface area contributed by atoms with E-state index in [1.165, 1.54) is 6.92 Å². The van der Waals surface area contributed by atoms with E-state index in [0.29, 0.717) is 0 Å². The summed E-state index contributed by atoms with van der Waals surface area (Å²) < 4.78 is 60.1. The van der Waals surface area contributed by atoms with E-state index in [1.807, 2.05) is 0 Å². The van der Waals surface area contributed by atoms with Crippen molar-refractivity contribution in [1.82, 2.24) is 4.13 Å². The van der Waals surface area contributed by atoms with Crippen molar-refractivity contribution in [2.45, 2.75) is 6.92 Å². The summed E-state index contributed by atoms with van der Waals surface area (Å²) in [7, 11) is -9.01. The van der Waals surface area contributed by atoms with Gasteiger partial charge in [-0.25, -0.2) is 26.0 Å². The van der Waals surface area contributed by atoms with Gasteiger partial charge in [0.25, 0.3) is 20.0 Å². The predicted molar refractivity (Wildman–Crippen MR) is 52.7 cm³/mol. The van der Waals surface area contributed by atoms with Crippen molar-refractivity contribution in [1.29, 1.82) is 0 Å². The lowest BCUT2D eigenvalue weighted by atomic mass is 10.4. The van der Waals surface area contributed by atoms with Gasteiger partial charge in [0.2, 0.25) is 11.9 Å². The fourth-order valence-electron chi connectivity index (χ4n) is 0.494. The highest BCUT2D eigenvalue weighted by Crippen LogP contribution is 1.97. The first-order chi connectivity index (χ1) is 7.09. The first-order valence-corrected chi connectivity index (χ1v) is 7.02. The molecule has 0 fully saturated rings. The summed E-state index contributed by atoms with van der Waals surface area (Å²) in [6, 6.07) is -1.89. The van der Waals surface area contributed by atoms with Gasteiger partial charge < -0.3 is 4.74 Å². The summed E-state index contributed by atoms with van der Waals surface area (Å²) in [6.07, 6.45) is 0. The van der Waals surface area contributed by atoms with Crippen LogP contribution in [-0.2, 0) is 29.6 Å². The molecule has 0 aromatic carbocycles. The fraction of sp³-hybridized carbons (Fsp3) is 0.500. The molecule has 0 rings (SSSR count). The van der Waals surface area contributed by atoms with Crippen LogP contribution in [0, 0.1) is 0 Å². The van der Waals surface area contributed by atoms with E-state index in [4.69, 9.17) is 0 Å². The molecule has 0 atom stereocenters. The Morgan fingerprint density at radius 2 is 1.81 bits per heavy atom. The average Bonchev–Trinajstić information content (AvgIpc) is 2.12. The number of ether oxygens (including phenoxy) is 1. The van der Waals surface area contributed by atoms with Crippen LogP contribution in [0.5, 0.6) is 0 Å². The van der Waals surface area contributed by atoms with E-state index in [2.05, 4.69) is 11.3 Å². The maximum Gasteiger partial charge on any atom is 0.334 e. The number of hydrogen-bond donors (Lipinski definition) is 1. The van der Waals surface area contributed by atoms with E-state index in [9.17, 15) is 26.0 Å². The number of alkyl halides is 1. The predicted octanol–water partition coefficient (Wildman–Crippen LogP) is -0.761. The monoisotopic (exact) mass is 275 g/mol. The molecule has 0 saturated carbocycles. The van der Waals surface area contributed by atoms with Crippen LogP contribution in [0.4, 0.5) is 4.39 Å². The second kappa shape index (κ2) is 5.37. The van der Waals surface area contributed by atoms with Crippen LogP contribution in [-0.4, -0.2) is 34.8 Å². The van der Waals surface area contributed by atoms with E-state index in [-0.39, 0.29) is 5.57 Å². The van der Waals surface area contributed by atoms with Crippen molar-refractivity contribution in [2.75, 3.05) is 11.9 Å². The van der Waals surface area contributed by atoms with Crippen molar-refractivity contribution in [3.05, 3.63) is 12.2 Å². The number of hydrogen-bond acceptors (Lipinski definition) is 6. The summed E-state index contributed by atoms with van der Waals surface area (Å²) in [5.41, 5.74) is -0.0523. The molecule has 0 radical (unpaired) electrons. The molecule has 0 aromatic heterocycles. The molecule has 16 heavy (non-hydrogen) atoms. The summed E-state index contributed by atoms with van der Waals surface area (Å²) in [5.74, 6) is -2.22. The Kier molecular flexibility index (Phi) is 5.03. The van der Waals surface area contributed by atoms with Gasteiger partial charge in [0.1, 0.15) is 0 Å². The quantitative estimate of drug-likeness (QED) is 0.504. The summed E-state index contributed by atoms with van der Waals surface area (Å²) in [4.78, 5) is 10.8. The molecule has 0 spiro atoms. The Morgan fingerprint density at radius 3 is 2.19 bits per heavy atom. The van der Waals surface area contributed by atoms with Gasteiger partial charge in [-0.05, 0) is 6.92 Å². The molecule has 7 nitrogen and oxygen atoms in total. The largest absolute Gasteiger partial charge is 0.444 e. The molecule has 0 aliphatic rings. The lowest BCUT2D eigenvalue weighted by Gasteiger charge is -2.06. The highest BCUT2D eigenvalue weighted by Gasteiger charge is 2.22. The molecular weight excluding hydrogens is 265 g/mol. The van der Waals surface area contributed by atoms with Gasteiger partial charge in [-0.2, -0.15) is 0 Å². The first-order valence-electron chi connectivity index (χ1n) is 3.72. The number of esters is 1. The van der Waals surface area contributed by atoms with Crippen molar-refractivity contribution >= 4 is 26.0 Å². The average molecular weight is 275 g/mol. The third-order valence-electron chi connectivity index (χ3n) is 1.09. The first kappa shape index (κ1) is 15.0. The van der Waals surface area contributed by atoms with Gasteiger partial charge in [0.15, 0.2) is 0 Å². The van der Waals surface area contributed by atoms with Crippen molar-refractivity contribution in [3.8, 4) is 0 Å². The molecular formula is C6H10FNO6S2. The second-order valence-corrected chi connectivity index (χ2v) is 6.33. The molecule has 0 bridgehead atoms. The third-order valence-corrected chi connectivity index (χ3v) is 3.84. The number of carbonyl (C=O) groups excluding carboxylic acids is 1. The summed E-state index contributed by atoms with van der Waals surface area (Å²) in [5, 5.41) is 0.